The van der Waals surface area contributed by atoms with Crippen molar-refractivity contribution in [3.05, 3.63) is 41.5 Å². The molecule has 1 aliphatic carbocycles. The van der Waals surface area contributed by atoms with Gasteiger partial charge in [0.15, 0.2) is 11.5 Å². The van der Waals surface area contributed by atoms with Gasteiger partial charge < -0.3 is 33.7 Å². The van der Waals surface area contributed by atoms with E-state index in [1.54, 1.807) is 20.3 Å². The van der Waals surface area contributed by atoms with Crippen LogP contribution in [0, 0.1) is 5.92 Å². The molecule has 1 spiro atoms. The summed E-state index contributed by atoms with van der Waals surface area (Å²) in [6, 6.07) is 5.55. The van der Waals surface area contributed by atoms with Crippen LogP contribution in [-0.4, -0.2) is 76.5 Å². The number of carbonyl (C=O) groups excluding carboxylic acids is 1. The molecular weight excluding hydrogens is 474 g/mol. The summed E-state index contributed by atoms with van der Waals surface area (Å²) in [4.78, 5) is 12.8. The van der Waals surface area contributed by atoms with Gasteiger partial charge in [0.05, 0.1) is 25.7 Å². The van der Waals surface area contributed by atoms with Gasteiger partial charge in [-0.15, -0.1) is 0 Å². The highest BCUT2D eigenvalue weighted by atomic mass is 16.6. The van der Waals surface area contributed by atoms with E-state index < -0.39 is 5.97 Å². The molecule has 0 aromatic heterocycles. The summed E-state index contributed by atoms with van der Waals surface area (Å²) in [5.41, 5.74) is 1.47. The summed E-state index contributed by atoms with van der Waals surface area (Å²) >= 11 is 0. The predicted molar refractivity (Wildman–Crippen MR) is 141 cm³/mol. The van der Waals surface area contributed by atoms with Crippen LogP contribution in [0.15, 0.2) is 35.9 Å². The molecular formula is C29H41NO7. The van der Waals surface area contributed by atoms with Crippen LogP contribution in [0.25, 0.3) is 6.08 Å². The molecule has 1 aromatic carbocycles. The van der Waals surface area contributed by atoms with Gasteiger partial charge >= 0.3 is 5.97 Å². The van der Waals surface area contributed by atoms with Crippen LogP contribution in [0.3, 0.4) is 0 Å². The number of likely N-dealkylation sites (N-methyl/N-ethyl adjacent to an activating group) is 1. The van der Waals surface area contributed by atoms with Crippen molar-refractivity contribution in [2.45, 2.75) is 69.5 Å². The first kappa shape index (κ1) is 27.6. The molecule has 2 heterocycles. The second kappa shape index (κ2) is 11.6. The van der Waals surface area contributed by atoms with Gasteiger partial charge in [-0.25, -0.2) is 4.79 Å². The van der Waals surface area contributed by atoms with E-state index in [9.17, 15) is 4.79 Å². The lowest BCUT2D eigenvalue weighted by molar-refractivity contribution is -0.166. The van der Waals surface area contributed by atoms with Gasteiger partial charge in [0.2, 0.25) is 0 Å². The van der Waals surface area contributed by atoms with E-state index in [-0.39, 0.29) is 35.4 Å². The first-order valence-electron chi connectivity index (χ1n) is 13.1. The number of nitrogens with one attached hydrogen (secondary N) is 1. The van der Waals surface area contributed by atoms with Gasteiger partial charge in [-0.1, -0.05) is 17.7 Å². The topological polar surface area (TPSA) is 91.1 Å². The minimum atomic E-state index is -0.408. The molecule has 2 aliphatic heterocycles. The number of methoxy groups -OCH3 is 2. The van der Waals surface area contributed by atoms with Crippen LogP contribution >= 0.6 is 0 Å². The summed E-state index contributed by atoms with van der Waals surface area (Å²) in [5, 5.41) is 3.04. The molecule has 0 bridgehead atoms. The monoisotopic (exact) mass is 515 g/mol. The Morgan fingerprint density at radius 2 is 2.03 bits per heavy atom. The maximum absolute atomic E-state index is 12.8. The third-order valence-corrected chi connectivity index (χ3v) is 7.71. The van der Waals surface area contributed by atoms with E-state index in [0.717, 1.165) is 24.9 Å². The van der Waals surface area contributed by atoms with Gasteiger partial charge in [0, 0.05) is 19.7 Å². The van der Waals surface area contributed by atoms with Gasteiger partial charge in [-0.3, -0.25) is 0 Å². The van der Waals surface area contributed by atoms with E-state index in [4.69, 9.17) is 28.4 Å². The number of carbonyl (C=O) groups is 1. The van der Waals surface area contributed by atoms with Gasteiger partial charge in [-0.2, -0.15) is 0 Å². The minimum absolute atomic E-state index is 0.00388. The molecule has 1 N–H and O–H groups in total. The molecule has 2 saturated heterocycles. The fraction of sp³-hybridized carbons (Fsp3) is 0.621. The second-order valence-electron chi connectivity index (χ2n) is 10.5. The molecule has 8 nitrogen and oxygen atoms in total. The third-order valence-electron chi connectivity index (χ3n) is 7.71. The Morgan fingerprint density at radius 1 is 1.24 bits per heavy atom. The van der Waals surface area contributed by atoms with Crippen molar-refractivity contribution >= 4 is 12.0 Å². The molecule has 204 valence electrons. The maximum atomic E-state index is 12.8. The van der Waals surface area contributed by atoms with Crippen molar-refractivity contribution < 1.29 is 33.2 Å². The van der Waals surface area contributed by atoms with E-state index in [1.807, 2.05) is 25.2 Å². The molecule has 1 saturated carbocycles. The van der Waals surface area contributed by atoms with Crippen molar-refractivity contribution in [3.8, 4) is 11.5 Å². The smallest absolute Gasteiger partial charge is 0.331 e. The van der Waals surface area contributed by atoms with Crippen LogP contribution in [0.1, 0.15) is 45.6 Å². The van der Waals surface area contributed by atoms with Crippen molar-refractivity contribution in [3.63, 3.8) is 0 Å². The highest BCUT2D eigenvalue weighted by Crippen LogP contribution is 2.59. The fourth-order valence-electron chi connectivity index (χ4n) is 5.59. The Kier molecular flexibility index (Phi) is 8.63. The normalized spacial score (nSPS) is 32.3. The number of allylic oxidation sites excluding steroid dienone is 1. The SMILES string of the molecule is CNCCOc1ccc(/C=C/C(=O)O[C@@H]2CC[C@]3(CO3)[C@@H]([C@@]3(C)O[C@@H]3CC=C(C)C)[C@@H]2OC)cc1OC. The Morgan fingerprint density at radius 3 is 2.68 bits per heavy atom. The molecule has 37 heavy (non-hydrogen) atoms. The highest BCUT2D eigenvalue weighted by molar-refractivity contribution is 5.87. The number of epoxide rings is 2. The van der Waals surface area contributed by atoms with E-state index in [2.05, 4.69) is 32.2 Å². The standard InChI is InChI=1S/C29H41NO7/c1-19(2)7-11-24-28(3,37-24)27-26(33-6)22(13-14-29(27)18-35-29)36-25(31)12-9-20-8-10-21(23(17-20)32-5)34-16-15-30-4/h7-10,12,17,22,24,26-27,30H,11,13-16,18H2,1-6H3/b12-9+/t22-,24-,26-,27-,28+,29+/m1/s1. The summed E-state index contributed by atoms with van der Waals surface area (Å²) in [6.45, 7) is 8.29. The fourth-order valence-corrected chi connectivity index (χ4v) is 5.59. The van der Waals surface area contributed by atoms with Crippen molar-refractivity contribution in [2.75, 3.05) is 41.0 Å². The predicted octanol–water partition coefficient (Wildman–Crippen LogP) is 3.93. The first-order valence-corrected chi connectivity index (χ1v) is 13.1. The molecule has 0 amide bonds. The zero-order valence-corrected chi connectivity index (χ0v) is 22.9. The van der Waals surface area contributed by atoms with Gasteiger partial charge in [-0.05, 0) is 70.9 Å². The second-order valence-corrected chi connectivity index (χ2v) is 10.5. The summed E-state index contributed by atoms with van der Waals surface area (Å²) < 4.78 is 35.3. The lowest BCUT2D eigenvalue weighted by Crippen LogP contribution is -2.55. The van der Waals surface area contributed by atoms with Crippen molar-refractivity contribution in [2.24, 2.45) is 5.92 Å². The van der Waals surface area contributed by atoms with Gasteiger partial charge in [0.25, 0.3) is 0 Å². The van der Waals surface area contributed by atoms with E-state index >= 15 is 0 Å². The Balaban J connectivity index is 1.41. The lowest BCUT2D eigenvalue weighted by Gasteiger charge is -2.42. The number of hydrogen-bond donors (Lipinski definition) is 1. The molecule has 6 atom stereocenters. The molecule has 1 aromatic rings. The van der Waals surface area contributed by atoms with Crippen LogP contribution in [-0.2, 0) is 23.7 Å². The molecule has 0 unspecified atom stereocenters. The van der Waals surface area contributed by atoms with Crippen LogP contribution in [0.5, 0.6) is 11.5 Å². The third kappa shape index (κ3) is 6.20. The Labute approximate surface area is 220 Å². The number of hydrogen-bond acceptors (Lipinski definition) is 8. The van der Waals surface area contributed by atoms with Crippen molar-refractivity contribution in [1.82, 2.24) is 5.32 Å². The average Bonchev–Trinajstić information content (AvgIpc) is 3.80. The first-order chi connectivity index (χ1) is 17.8. The van der Waals surface area contributed by atoms with E-state index in [0.29, 0.717) is 31.1 Å². The van der Waals surface area contributed by atoms with Crippen molar-refractivity contribution in [1.29, 1.82) is 0 Å². The largest absolute Gasteiger partial charge is 0.493 e. The van der Waals surface area contributed by atoms with E-state index in [1.165, 1.54) is 11.6 Å². The minimum Gasteiger partial charge on any atom is -0.493 e. The number of ether oxygens (including phenoxy) is 6. The summed E-state index contributed by atoms with van der Waals surface area (Å²) in [7, 11) is 5.15. The zero-order valence-electron chi connectivity index (χ0n) is 22.9. The molecule has 0 radical (unpaired) electrons. The van der Waals surface area contributed by atoms with Crippen LogP contribution in [0.2, 0.25) is 0 Å². The number of rotatable bonds is 12. The Bertz CT molecular complexity index is 1010. The molecule has 3 fully saturated rings. The molecule has 3 aliphatic rings. The molecule has 4 rings (SSSR count). The number of benzene rings is 1. The van der Waals surface area contributed by atoms with Crippen LogP contribution in [0.4, 0.5) is 0 Å². The average molecular weight is 516 g/mol. The maximum Gasteiger partial charge on any atom is 0.331 e. The summed E-state index contributed by atoms with van der Waals surface area (Å²) in [5.74, 6) is 0.852. The quantitative estimate of drug-likeness (QED) is 0.147. The zero-order chi connectivity index (χ0) is 26.6. The highest BCUT2D eigenvalue weighted by Gasteiger charge is 2.72. The Hall–Kier alpha value is -2.39. The molecule has 8 heteroatoms. The van der Waals surface area contributed by atoms with Crippen LogP contribution < -0.4 is 14.8 Å². The summed E-state index contributed by atoms with van der Waals surface area (Å²) in [6.07, 6.45) is 7.18. The number of esters is 1. The van der Waals surface area contributed by atoms with Gasteiger partial charge in [0.1, 0.15) is 30.0 Å². The lowest BCUT2D eigenvalue weighted by atomic mass is 9.68.